The van der Waals surface area contributed by atoms with Crippen LogP contribution in [0.25, 0.3) is 5.70 Å². The molecule has 0 saturated carbocycles. The Balaban J connectivity index is 2.45. The van der Waals surface area contributed by atoms with Crippen molar-refractivity contribution in [2.24, 2.45) is 0 Å². The second-order valence-corrected chi connectivity index (χ2v) is 3.85. The van der Waals surface area contributed by atoms with E-state index in [0.717, 1.165) is 17.0 Å². The molecule has 1 aromatic rings. The third-order valence-electron chi connectivity index (χ3n) is 2.75. The van der Waals surface area contributed by atoms with Gasteiger partial charge in [0.1, 0.15) is 0 Å². The predicted molar refractivity (Wildman–Crippen MR) is 65.0 cm³/mol. The monoisotopic (exact) mass is 221 g/mol. The van der Waals surface area contributed by atoms with Gasteiger partial charge in [-0.15, -0.1) is 0 Å². The van der Waals surface area contributed by atoms with Gasteiger partial charge in [0.05, 0.1) is 29.0 Å². The van der Waals surface area contributed by atoms with Crippen molar-refractivity contribution in [1.82, 2.24) is 5.32 Å². The van der Waals surface area contributed by atoms with Crippen LogP contribution in [0.3, 0.4) is 0 Å². The van der Waals surface area contributed by atoms with Crippen molar-refractivity contribution >= 4 is 5.70 Å². The maximum absolute atomic E-state index is 9.14. The fourth-order valence-electron chi connectivity index (χ4n) is 1.81. The van der Waals surface area contributed by atoms with Crippen LogP contribution in [-0.2, 0) is 0 Å². The Morgan fingerprint density at radius 2 is 1.71 bits per heavy atom. The van der Waals surface area contributed by atoms with Gasteiger partial charge in [-0.1, -0.05) is 30.3 Å². The quantitative estimate of drug-likeness (QED) is 0.793. The average molecular weight is 221 g/mol. The van der Waals surface area contributed by atoms with Crippen molar-refractivity contribution in [3.8, 4) is 12.1 Å². The highest BCUT2D eigenvalue weighted by Gasteiger charge is 2.18. The lowest BCUT2D eigenvalue weighted by Crippen LogP contribution is -2.18. The highest BCUT2D eigenvalue weighted by molar-refractivity contribution is 5.74. The summed E-state index contributed by atoms with van der Waals surface area (Å²) in [7, 11) is 0. The van der Waals surface area contributed by atoms with E-state index < -0.39 is 0 Å². The summed E-state index contributed by atoms with van der Waals surface area (Å²) in [6.07, 6.45) is 0.413. The van der Waals surface area contributed by atoms with Gasteiger partial charge in [-0.2, -0.15) is 10.5 Å². The molecular weight excluding hydrogens is 210 g/mol. The normalized spacial score (nSPS) is 15.0. The summed E-state index contributed by atoms with van der Waals surface area (Å²) in [4.78, 5) is 0. The number of hydrogen-bond acceptors (Lipinski definition) is 3. The van der Waals surface area contributed by atoms with E-state index in [1.165, 1.54) is 0 Å². The number of nitrogens with one attached hydrogen (secondary N) is 1. The van der Waals surface area contributed by atoms with Crippen molar-refractivity contribution in [2.75, 3.05) is 0 Å². The molecule has 3 nitrogen and oxygen atoms in total. The van der Waals surface area contributed by atoms with Crippen LogP contribution in [0, 0.1) is 22.7 Å². The number of nitriles is 2. The standard InChI is InChI=1S/C14H11N3/c1-10-12(8-15)7-13(9-16)14(17-10)11-5-3-2-4-6-11/h2-6,17H,7H2,1H3. The van der Waals surface area contributed by atoms with Gasteiger partial charge in [0.15, 0.2) is 0 Å². The molecule has 17 heavy (non-hydrogen) atoms. The van der Waals surface area contributed by atoms with Crippen molar-refractivity contribution in [1.29, 1.82) is 10.5 Å². The maximum atomic E-state index is 9.14. The van der Waals surface area contributed by atoms with Crippen LogP contribution < -0.4 is 5.32 Å². The zero-order valence-electron chi connectivity index (χ0n) is 9.49. The van der Waals surface area contributed by atoms with Gasteiger partial charge in [-0.25, -0.2) is 0 Å². The molecule has 0 bridgehead atoms. The molecule has 1 heterocycles. The first-order valence-corrected chi connectivity index (χ1v) is 5.32. The molecule has 0 unspecified atom stereocenters. The lowest BCUT2D eigenvalue weighted by molar-refractivity contribution is 0.968. The lowest BCUT2D eigenvalue weighted by atomic mass is 9.96. The first kappa shape index (κ1) is 11.0. The molecule has 0 saturated heterocycles. The Hall–Kier alpha value is -2.52. The molecule has 2 rings (SSSR count). The number of benzene rings is 1. The van der Waals surface area contributed by atoms with Crippen LogP contribution >= 0.6 is 0 Å². The van der Waals surface area contributed by atoms with Crippen LogP contribution in [0.15, 0.2) is 47.2 Å². The Morgan fingerprint density at radius 3 is 2.29 bits per heavy atom. The molecule has 1 aliphatic heterocycles. The van der Waals surface area contributed by atoms with E-state index in [1.807, 2.05) is 37.3 Å². The number of dihydropyridines is 1. The first-order chi connectivity index (χ1) is 8.26. The van der Waals surface area contributed by atoms with Crippen molar-refractivity contribution in [3.63, 3.8) is 0 Å². The lowest BCUT2D eigenvalue weighted by Gasteiger charge is -2.20. The van der Waals surface area contributed by atoms with Crippen LogP contribution in [0.5, 0.6) is 0 Å². The fraction of sp³-hybridized carbons (Fsp3) is 0.143. The van der Waals surface area contributed by atoms with Gasteiger partial charge in [-0.05, 0) is 12.5 Å². The summed E-state index contributed by atoms with van der Waals surface area (Å²) >= 11 is 0. The van der Waals surface area contributed by atoms with Gasteiger partial charge in [-0.3, -0.25) is 0 Å². The van der Waals surface area contributed by atoms with Gasteiger partial charge >= 0.3 is 0 Å². The summed E-state index contributed by atoms with van der Waals surface area (Å²) in [5.74, 6) is 0. The SMILES string of the molecule is CC1=C(C#N)CC(C#N)=C(c2ccccc2)N1. The molecule has 0 fully saturated rings. The zero-order chi connectivity index (χ0) is 12.3. The topological polar surface area (TPSA) is 59.6 Å². The Labute approximate surface area is 100 Å². The Kier molecular flexibility index (Phi) is 2.94. The molecule has 1 N–H and O–H groups in total. The van der Waals surface area contributed by atoms with Crippen LogP contribution in [-0.4, -0.2) is 0 Å². The predicted octanol–water partition coefficient (Wildman–Crippen LogP) is 2.71. The second-order valence-electron chi connectivity index (χ2n) is 3.85. The number of rotatable bonds is 1. The van der Waals surface area contributed by atoms with E-state index in [2.05, 4.69) is 17.5 Å². The van der Waals surface area contributed by atoms with E-state index in [4.69, 9.17) is 10.5 Å². The molecule has 0 aliphatic carbocycles. The molecule has 0 radical (unpaired) electrons. The largest absolute Gasteiger partial charge is 0.357 e. The third kappa shape index (κ3) is 2.04. The molecular formula is C14H11N3. The maximum Gasteiger partial charge on any atom is 0.0973 e. The van der Waals surface area contributed by atoms with Gasteiger partial charge < -0.3 is 5.32 Å². The number of nitrogens with zero attached hydrogens (tertiary/aromatic N) is 2. The molecule has 0 amide bonds. The van der Waals surface area contributed by atoms with Crippen molar-refractivity contribution in [2.45, 2.75) is 13.3 Å². The van der Waals surface area contributed by atoms with Gasteiger partial charge in [0.25, 0.3) is 0 Å². The summed E-state index contributed by atoms with van der Waals surface area (Å²) in [6, 6.07) is 14.0. The van der Waals surface area contributed by atoms with Crippen LogP contribution in [0.2, 0.25) is 0 Å². The van der Waals surface area contributed by atoms with Gasteiger partial charge in [0, 0.05) is 12.1 Å². The zero-order valence-corrected chi connectivity index (χ0v) is 9.49. The van der Waals surface area contributed by atoms with Crippen molar-refractivity contribution < 1.29 is 0 Å². The van der Waals surface area contributed by atoms with Gasteiger partial charge in [0.2, 0.25) is 0 Å². The third-order valence-corrected chi connectivity index (χ3v) is 2.75. The minimum atomic E-state index is 0.413. The van der Waals surface area contributed by atoms with Crippen LogP contribution in [0.1, 0.15) is 18.9 Å². The highest BCUT2D eigenvalue weighted by atomic mass is 14.9. The van der Waals surface area contributed by atoms with E-state index in [9.17, 15) is 0 Å². The molecule has 3 heteroatoms. The summed E-state index contributed by atoms with van der Waals surface area (Å²) < 4.78 is 0. The van der Waals surface area contributed by atoms with E-state index >= 15 is 0 Å². The molecule has 1 aliphatic rings. The first-order valence-electron chi connectivity index (χ1n) is 5.32. The minimum absolute atomic E-state index is 0.413. The number of hydrogen-bond donors (Lipinski definition) is 1. The van der Waals surface area contributed by atoms with E-state index in [0.29, 0.717) is 17.6 Å². The Morgan fingerprint density at radius 1 is 1.06 bits per heavy atom. The highest BCUT2D eigenvalue weighted by Crippen LogP contribution is 2.27. The minimum Gasteiger partial charge on any atom is -0.357 e. The average Bonchev–Trinajstić information content (AvgIpc) is 2.39. The van der Waals surface area contributed by atoms with Crippen LogP contribution in [0.4, 0.5) is 0 Å². The second kappa shape index (κ2) is 4.55. The molecule has 0 aromatic heterocycles. The molecule has 0 spiro atoms. The summed E-state index contributed by atoms with van der Waals surface area (Å²) in [5, 5.41) is 21.2. The van der Waals surface area contributed by atoms with E-state index in [-0.39, 0.29) is 0 Å². The fourth-order valence-corrected chi connectivity index (χ4v) is 1.81. The van der Waals surface area contributed by atoms with E-state index in [1.54, 1.807) is 0 Å². The van der Waals surface area contributed by atoms with Crippen molar-refractivity contribution in [3.05, 3.63) is 52.7 Å². The molecule has 1 aromatic carbocycles. The molecule has 0 atom stereocenters. The smallest absolute Gasteiger partial charge is 0.0973 e. The molecule has 82 valence electrons. The summed E-state index contributed by atoms with van der Waals surface area (Å²) in [5.41, 5.74) is 3.84. The number of allylic oxidation sites excluding steroid dienone is 3. The Bertz CT molecular complexity index is 580. The summed E-state index contributed by atoms with van der Waals surface area (Å²) in [6.45, 7) is 1.86.